The van der Waals surface area contributed by atoms with Gasteiger partial charge < -0.3 is 19.2 Å². The number of morpholine rings is 1. The lowest BCUT2D eigenvalue weighted by Gasteiger charge is -2.31. The molecule has 2 atom stereocenters. The van der Waals surface area contributed by atoms with Crippen molar-refractivity contribution in [3.05, 3.63) is 63.2 Å². The van der Waals surface area contributed by atoms with Gasteiger partial charge in [-0.25, -0.2) is 24.3 Å². The average molecular weight is 601 g/mol. The van der Waals surface area contributed by atoms with Gasteiger partial charge in [0.25, 0.3) is 0 Å². The van der Waals surface area contributed by atoms with Crippen LogP contribution in [0.2, 0.25) is 18.1 Å². The van der Waals surface area contributed by atoms with Crippen LogP contribution in [0.15, 0.2) is 36.1 Å². The fourth-order valence-corrected chi connectivity index (χ4v) is 6.71. The highest BCUT2D eigenvalue weighted by molar-refractivity contribution is 7.09. The summed E-state index contributed by atoms with van der Waals surface area (Å²) in [5.74, 6) is 0.226. The molecule has 0 spiro atoms. The van der Waals surface area contributed by atoms with Crippen LogP contribution in [-0.2, 0) is 9.16 Å². The zero-order valence-electron chi connectivity index (χ0n) is 23.1. The summed E-state index contributed by atoms with van der Waals surface area (Å²) in [5.41, 5.74) is 2.14. The monoisotopic (exact) mass is 600 g/mol. The first-order valence-corrected chi connectivity index (χ1v) is 16.7. The van der Waals surface area contributed by atoms with Crippen LogP contribution >= 0.6 is 22.9 Å². The van der Waals surface area contributed by atoms with E-state index in [1.807, 2.05) is 11.4 Å². The Morgan fingerprint density at radius 1 is 1.15 bits per heavy atom. The van der Waals surface area contributed by atoms with Gasteiger partial charge in [0.2, 0.25) is 9.04 Å². The largest absolute Gasteiger partial charge is 0.408 e. The van der Waals surface area contributed by atoms with Crippen molar-refractivity contribution in [2.24, 2.45) is 5.41 Å². The first-order chi connectivity index (χ1) is 19.0. The lowest BCUT2D eigenvalue weighted by Crippen LogP contribution is -2.36. The zero-order chi connectivity index (χ0) is 28.6. The molecule has 4 aromatic rings. The number of aromatic nitrogens is 4. The normalized spacial score (nSPS) is 16.1. The van der Waals surface area contributed by atoms with Crippen molar-refractivity contribution >= 4 is 48.7 Å². The number of halogens is 2. The Kier molecular flexibility index (Phi) is 8.51. The maximum absolute atomic E-state index is 15.3. The van der Waals surface area contributed by atoms with Gasteiger partial charge in [-0.1, -0.05) is 32.4 Å². The maximum atomic E-state index is 15.3. The molecule has 1 aliphatic rings. The second kappa shape index (κ2) is 11.7. The molecule has 8 nitrogen and oxygen atoms in total. The van der Waals surface area contributed by atoms with Crippen molar-refractivity contribution < 1.29 is 18.7 Å². The third-order valence-electron chi connectivity index (χ3n) is 6.66. The van der Waals surface area contributed by atoms with Gasteiger partial charge in [0.1, 0.15) is 29.1 Å². The van der Waals surface area contributed by atoms with Gasteiger partial charge in [-0.05, 0) is 30.6 Å². The summed E-state index contributed by atoms with van der Waals surface area (Å²) >= 11 is 7.79. The van der Waals surface area contributed by atoms with Crippen molar-refractivity contribution in [3.63, 3.8) is 0 Å². The topological polar surface area (TPSA) is 93.5 Å². The minimum atomic E-state index is -1.15. The van der Waals surface area contributed by atoms with E-state index >= 15 is 4.39 Å². The summed E-state index contributed by atoms with van der Waals surface area (Å²) in [4.78, 5) is 20.3. The van der Waals surface area contributed by atoms with Crippen LogP contribution in [0.4, 0.5) is 10.2 Å². The Bertz CT molecular complexity index is 1510. The summed E-state index contributed by atoms with van der Waals surface area (Å²) in [6.07, 6.45) is 1.70. The highest BCUT2D eigenvalue weighted by Crippen LogP contribution is 2.40. The van der Waals surface area contributed by atoms with Crippen molar-refractivity contribution in [1.82, 2.24) is 19.9 Å². The molecule has 4 heterocycles. The molecule has 0 aliphatic carbocycles. The molecular weight excluding hydrogens is 569 g/mol. The summed E-state index contributed by atoms with van der Waals surface area (Å²) in [7, 11) is -0.985. The van der Waals surface area contributed by atoms with Crippen LogP contribution in [0, 0.1) is 11.2 Å². The Hall–Kier alpha value is -2.54. The van der Waals surface area contributed by atoms with Crippen LogP contribution in [0.1, 0.15) is 49.2 Å². The maximum Gasteiger partial charge on any atom is 0.205 e. The molecule has 1 aliphatic heterocycles. The third-order valence-corrected chi connectivity index (χ3v) is 8.61. The molecule has 1 aromatic carbocycles. The van der Waals surface area contributed by atoms with Crippen LogP contribution in [0.3, 0.4) is 0 Å². The molecule has 211 valence electrons. The Labute approximate surface area is 243 Å². The first kappa shape index (κ1) is 29.0. The standard InChI is InChI=1S/C28H32ClFN5O3SSi/c1-28(2,3)26(38-40(4)5)22-14-39-27(34-22)25(36)16-10-17(20(30)11-19(16)29)24-18-13-31-23(12-21(18)32-15-33-24)35-6-8-37-9-7-35/h10-15,25-26,36H,6-9H2,1-5H3. The fraction of sp³-hybridized carbons (Fsp3) is 0.429. The number of ether oxygens (including phenoxy) is 1. The summed E-state index contributed by atoms with van der Waals surface area (Å²) in [6.45, 7) is 13.2. The van der Waals surface area contributed by atoms with E-state index < -0.39 is 21.0 Å². The molecule has 1 saturated heterocycles. The summed E-state index contributed by atoms with van der Waals surface area (Å²) < 4.78 is 27.0. The SMILES string of the molecule is C[Si](C)OC(c1csc(C(O)c2cc(-c3ncnc4cc(N5CCOCC5)ncc34)c(F)cc2Cl)n1)C(C)(C)C. The number of thiazole rings is 1. The van der Waals surface area contributed by atoms with Crippen molar-refractivity contribution in [1.29, 1.82) is 0 Å². The predicted molar refractivity (Wildman–Crippen MR) is 158 cm³/mol. The fourth-order valence-electron chi connectivity index (χ4n) is 4.67. The zero-order valence-corrected chi connectivity index (χ0v) is 25.7. The van der Waals surface area contributed by atoms with Crippen LogP contribution in [0.25, 0.3) is 22.2 Å². The summed E-state index contributed by atoms with van der Waals surface area (Å²) in [5, 5.41) is 14.4. The lowest BCUT2D eigenvalue weighted by atomic mass is 9.88. The lowest BCUT2D eigenvalue weighted by molar-refractivity contribution is 0.0827. The second-order valence-electron chi connectivity index (χ2n) is 11.0. The van der Waals surface area contributed by atoms with Gasteiger partial charge in [-0.3, -0.25) is 0 Å². The molecule has 1 fully saturated rings. The van der Waals surface area contributed by atoms with Gasteiger partial charge in [0, 0.05) is 52.3 Å². The number of anilines is 1. The minimum Gasteiger partial charge on any atom is -0.408 e. The molecule has 2 unspecified atom stereocenters. The number of pyridine rings is 1. The van der Waals surface area contributed by atoms with Gasteiger partial charge in [0.15, 0.2) is 0 Å². The molecule has 1 radical (unpaired) electrons. The van der Waals surface area contributed by atoms with Gasteiger partial charge in [0.05, 0.1) is 36.2 Å². The Morgan fingerprint density at radius 3 is 2.60 bits per heavy atom. The number of hydrogen-bond donors (Lipinski definition) is 1. The van der Waals surface area contributed by atoms with Crippen molar-refractivity contribution in [2.75, 3.05) is 31.2 Å². The van der Waals surface area contributed by atoms with Crippen LogP contribution in [-0.4, -0.2) is 60.4 Å². The van der Waals surface area contributed by atoms with Gasteiger partial charge >= 0.3 is 0 Å². The highest BCUT2D eigenvalue weighted by Gasteiger charge is 2.31. The quantitative estimate of drug-likeness (QED) is 0.250. The van der Waals surface area contributed by atoms with E-state index in [1.165, 1.54) is 29.8 Å². The average Bonchev–Trinajstić information content (AvgIpc) is 3.40. The van der Waals surface area contributed by atoms with E-state index in [9.17, 15) is 5.11 Å². The van der Waals surface area contributed by atoms with Crippen LogP contribution < -0.4 is 4.90 Å². The number of aliphatic hydroxyl groups excluding tert-OH is 1. The van der Waals surface area contributed by atoms with E-state index in [0.29, 0.717) is 40.4 Å². The molecule has 5 rings (SSSR count). The first-order valence-electron chi connectivity index (χ1n) is 13.1. The molecule has 0 saturated carbocycles. The number of fused-ring (bicyclic) bond motifs is 1. The van der Waals surface area contributed by atoms with Gasteiger partial charge in [-0.2, -0.15) is 0 Å². The number of rotatable bonds is 7. The molecule has 12 heteroatoms. The minimum absolute atomic E-state index is 0.104. The number of benzene rings is 1. The highest BCUT2D eigenvalue weighted by atomic mass is 35.5. The number of nitrogens with zero attached hydrogens (tertiary/aromatic N) is 5. The van der Waals surface area contributed by atoms with Gasteiger partial charge in [-0.15, -0.1) is 11.3 Å². The van der Waals surface area contributed by atoms with E-state index in [0.717, 1.165) is 24.6 Å². The molecule has 1 N–H and O–H groups in total. The van der Waals surface area contributed by atoms with E-state index in [1.54, 1.807) is 6.20 Å². The molecule has 40 heavy (non-hydrogen) atoms. The Morgan fingerprint density at radius 2 is 1.90 bits per heavy atom. The smallest absolute Gasteiger partial charge is 0.205 e. The molecule has 3 aromatic heterocycles. The van der Waals surface area contributed by atoms with E-state index in [-0.39, 0.29) is 22.1 Å². The Balaban J connectivity index is 1.50. The van der Waals surface area contributed by atoms with E-state index in [2.05, 4.69) is 53.7 Å². The van der Waals surface area contributed by atoms with Crippen LogP contribution in [0.5, 0.6) is 0 Å². The van der Waals surface area contributed by atoms with Crippen molar-refractivity contribution in [2.45, 2.75) is 46.1 Å². The molecule has 0 bridgehead atoms. The molecule has 0 amide bonds. The number of aliphatic hydroxyl groups is 1. The third kappa shape index (κ3) is 6.04. The molecular formula is C28H32ClFN5O3SSi. The summed E-state index contributed by atoms with van der Waals surface area (Å²) in [6, 6.07) is 4.62. The number of hydrogen-bond acceptors (Lipinski definition) is 9. The van der Waals surface area contributed by atoms with Crippen molar-refractivity contribution in [3.8, 4) is 11.3 Å². The second-order valence-corrected chi connectivity index (χ2v) is 14.4. The van der Waals surface area contributed by atoms with E-state index in [4.69, 9.17) is 25.7 Å². The predicted octanol–water partition coefficient (Wildman–Crippen LogP) is 6.21.